The molecule has 0 amide bonds. The van der Waals surface area contributed by atoms with Crippen molar-refractivity contribution in [3.05, 3.63) is 35.0 Å². The molecule has 168 valence electrons. The minimum absolute atomic E-state index is 0.0339. The quantitative estimate of drug-likeness (QED) is 0.476. The molecule has 0 saturated carbocycles. The number of ether oxygens (including phenoxy) is 1. The van der Waals surface area contributed by atoms with Gasteiger partial charge in [-0.1, -0.05) is 32.4 Å². The number of halogens is 1. The number of benzene rings is 1. The summed E-state index contributed by atoms with van der Waals surface area (Å²) in [7, 11) is 1.39. The summed E-state index contributed by atoms with van der Waals surface area (Å²) in [5.74, 6) is 0.929. The van der Waals surface area contributed by atoms with Gasteiger partial charge in [0, 0.05) is 36.9 Å². The average Bonchev–Trinajstić information content (AvgIpc) is 2.78. The van der Waals surface area contributed by atoms with Crippen molar-refractivity contribution in [1.82, 2.24) is 9.97 Å². The molecule has 1 N–H and O–H groups in total. The highest BCUT2D eigenvalue weighted by molar-refractivity contribution is 7.80. The number of hydrogen-bond donors (Lipinski definition) is 2. The van der Waals surface area contributed by atoms with Crippen LogP contribution < -0.4 is 15.1 Å². The second-order valence-corrected chi connectivity index (χ2v) is 8.74. The van der Waals surface area contributed by atoms with Crippen molar-refractivity contribution in [1.29, 1.82) is 0 Å². The lowest BCUT2D eigenvalue weighted by atomic mass is 10.0. The third kappa shape index (κ3) is 5.54. The molecule has 1 fully saturated rings. The van der Waals surface area contributed by atoms with Gasteiger partial charge in [0.15, 0.2) is 0 Å². The van der Waals surface area contributed by atoms with E-state index in [4.69, 9.17) is 26.3 Å². The molecule has 1 aliphatic rings. The predicted molar refractivity (Wildman–Crippen MR) is 129 cm³/mol. The summed E-state index contributed by atoms with van der Waals surface area (Å²) in [5, 5.41) is 3.98. The highest BCUT2D eigenvalue weighted by Crippen LogP contribution is 2.28. The molecule has 1 saturated heterocycles. The summed E-state index contributed by atoms with van der Waals surface area (Å²) >= 11 is 10.6. The van der Waals surface area contributed by atoms with E-state index in [2.05, 4.69) is 27.7 Å². The van der Waals surface area contributed by atoms with Crippen LogP contribution >= 0.6 is 24.2 Å². The van der Waals surface area contributed by atoms with Crippen LogP contribution in [0.3, 0.4) is 0 Å². The normalized spacial score (nSPS) is 15.2. The van der Waals surface area contributed by atoms with Crippen LogP contribution in [0.5, 0.6) is 0 Å². The molecule has 2 aromatic rings. The zero-order valence-corrected chi connectivity index (χ0v) is 20.1. The standard InChI is InChI=1S/C22H30ClN5O2S/c1-5-17-19(31)20(25-18(14(2)3)21(29)30-4)26-22(24-17)28-12-10-27(11-13-28)16-8-6-15(23)7-9-16/h6-9,14,18,31H,5,10-13H2,1-4H3,(H,24,25,26)/t18-/m1/s1. The molecular formula is C22H30ClN5O2S. The van der Waals surface area contributed by atoms with Crippen molar-refractivity contribution in [3.63, 3.8) is 0 Å². The van der Waals surface area contributed by atoms with Gasteiger partial charge >= 0.3 is 5.97 Å². The fourth-order valence-electron chi connectivity index (χ4n) is 3.57. The number of nitrogens with one attached hydrogen (secondary N) is 1. The summed E-state index contributed by atoms with van der Waals surface area (Å²) in [6.45, 7) is 9.26. The second kappa shape index (κ2) is 10.4. The van der Waals surface area contributed by atoms with Gasteiger partial charge < -0.3 is 19.9 Å². The minimum atomic E-state index is -0.509. The van der Waals surface area contributed by atoms with Crippen LogP contribution in [0.1, 0.15) is 26.5 Å². The van der Waals surface area contributed by atoms with Crippen LogP contribution in [0.4, 0.5) is 17.5 Å². The predicted octanol–water partition coefficient (Wildman–Crippen LogP) is 3.92. The number of aromatic nitrogens is 2. The second-order valence-electron chi connectivity index (χ2n) is 7.86. The first-order chi connectivity index (χ1) is 14.8. The van der Waals surface area contributed by atoms with Crippen LogP contribution in [0.15, 0.2) is 29.2 Å². The third-order valence-corrected chi connectivity index (χ3v) is 6.17. The molecule has 0 radical (unpaired) electrons. The van der Waals surface area contributed by atoms with E-state index < -0.39 is 6.04 Å². The van der Waals surface area contributed by atoms with Gasteiger partial charge in [-0.3, -0.25) is 0 Å². The van der Waals surface area contributed by atoms with E-state index in [0.29, 0.717) is 16.7 Å². The molecule has 0 aliphatic carbocycles. The monoisotopic (exact) mass is 463 g/mol. The van der Waals surface area contributed by atoms with Crippen molar-refractivity contribution in [2.24, 2.45) is 5.92 Å². The molecule has 31 heavy (non-hydrogen) atoms. The van der Waals surface area contributed by atoms with E-state index in [1.807, 2.05) is 45.0 Å². The Morgan fingerprint density at radius 3 is 2.32 bits per heavy atom. The number of methoxy groups -OCH3 is 1. The lowest BCUT2D eigenvalue weighted by Crippen LogP contribution is -2.47. The topological polar surface area (TPSA) is 70.6 Å². The Kier molecular flexibility index (Phi) is 7.89. The molecule has 0 spiro atoms. The number of piperazine rings is 1. The molecule has 9 heteroatoms. The molecule has 1 atom stereocenters. The Balaban J connectivity index is 1.79. The van der Waals surface area contributed by atoms with Crippen molar-refractivity contribution in [2.45, 2.75) is 38.1 Å². The SMILES string of the molecule is CCc1nc(N2CCN(c3ccc(Cl)cc3)CC2)nc(N[C@@H](C(=O)OC)C(C)C)c1S. The Morgan fingerprint density at radius 2 is 1.77 bits per heavy atom. The van der Waals surface area contributed by atoms with Gasteiger partial charge in [0.05, 0.1) is 17.7 Å². The number of hydrogen-bond acceptors (Lipinski definition) is 8. The maximum Gasteiger partial charge on any atom is 0.328 e. The van der Waals surface area contributed by atoms with Crippen molar-refractivity contribution in [3.8, 4) is 0 Å². The zero-order valence-electron chi connectivity index (χ0n) is 18.4. The molecule has 3 rings (SSSR count). The molecule has 7 nitrogen and oxygen atoms in total. The highest BCUT2D eigenvalue weighted by atomic mass is 35.5. The smallest absolute Gasteiger partial charge is 0.328 e. The molecular weight excluding hydrogens is 434 g/mol. The van der Waals surface area contributed by atoms with E-state index in [1.165, 1.54) is 7.11 Å². The summed E-state index contributed by atoms with van der Waals surface area (Å²) in [6, 6.07) is 7.40. The first-order valence-corrected chi connectivity index (χ1v) is 11.4. The van der Waals surface area contributed by atoms with Crippen LogP contribution in [0.25, 0.3) is 0 Å². The summed E-state index contributed by atoms with van der Waals surface area (Å²) in [5.41, 5.74) is 2.01. The largest absolute Gasteiger partial charge is 0.467 e. The molecule has 2 heterocycles. The number of rotatable bonds is 7. The molecule has 0 unspecified atom stereocenters. The maximum absolute atomic E-state index is 12.2. The number of carbonyl (C=O) groups excluding carboxylic acids is 1. The Hall–Kier alpha value is -2.19. The number of anilines is 3. The van der Waals surface area contributed by atoms with Gasteiger partial charge in [-0.15, -0.1) is 12.6 Å². The average molecular weight is 464 g/mol. The fraction of sp³-hybridized carbons (Fsp3) is 0.500. The lowest BCUT2D eigenvalue weighted by molar-refractivity contribution is -0.142. The summed E-state index contributed by atoms with van der Waals surface area (Å²) in [6.07, 6.45) is 0.721. The van der Waals surface area contributed by atoms with Crippen molar-refractivity contribution >= 4 is 47.7 Å². The Bertz CT molecular complexity index is 902. The molecule has 0 bridgehead atoms. The number of thiol groups is 1. The van der Waals surface area contributed by atoms with E-state index in [0.717, 1.165) is 49.0 Å². The van der Waals surface area contributed by atoms with Gasteiger partial charge in [-0.2, -0.15) is 4.98 Å². The molecule has 1 aromatic carbocycles. The van der Waals surface area contributed by atoms with Crippen LogP contribution in [-0.2, 0) is 16.0 Å². The van der Waals surface area contributed by atoms with Gasteiger partial charge in [0.1, 0.15) is 11.9 Å². The van der Waals surface area contributed by atoms with Crippen LogP contribution in [0, 0.1) is 5.92 Å². The van der Waals surface area contributed by atoms with Gasteiger partial charge in [-0.05, 0) is 36.6 Å². The number of nitrogens with zero attached hydrogens (tertiary/aromatic N) is 4. The first-order valence-electron chi connectivity index (χ1n) is 10.5. The van der Waals surface area contributed by atoms with Crippen LogP contribution in [-0.4, -0.2) is 55.3 Å². The number of carbonyl (C=O) groups is 1. The molecule has 1 aromatic heterocycles. The van der Waals surface area contributed by atoms with E-state index in [1.54, 1.807) is 0 Å². The third-order valence-electron chi connectivity index (χ3n) is 5.45. The highest BCUT2D eigenvalue weighted by Gasteiger charge is 2.26. The lowest BCUT2D eigenvalue weighted by Gasteiger charge is -2.36. The van der Waals surface area contributed by atoms with Crippen molar-refractivity contribution < 1.29 is 9.53 Å². The van der Waals surface area contributed by atoms with E-state index in [9.17, 15) is 4.79 Å². The van der Waals surface area contributed by atoms with Gasteiger partial charge in [-0.25, -0.2) is 9.78 Å². The zero-order chi connectivity index (χ0) is 22.5. The van der Waals surface area contributed by atoms with Crippen LogP contribution in [0.2, 0.25) is 5.02 Å². The van der Waals surface area contributed by atoms with Gasteiger partial charge in [0.25, 0.3) is 0 Å². The molecule has 1 aliphatic heterocycles. The van der Waals surface area contributed by atoms with E-state index in [-0.39, 0.29) is 11.9 Å². The Morgan fingerprint density at radius 1 is 1.16 bits per heavy atom. The summed E-state index contributed by atoms with van der Waals surface area (Å²) in [4.78, 5) is 26.9. The summed E-state index contributed by atoms with van der Waals surface area (Å²) < 4.78 is 4.96. The van der Waals surface area contributed by atoms with Gasteiger partial charge in [0.2, 0.25) is 5.95 Å². The van der Waals surface area contributed by atoms with E-state index >= 15 is 0 Å². The van der Waals surface area contributed by atoms with Crippen molar-refractivity contribution in [2.75, 3.05) is 48.4 Å². The number of aryl methyl sites for hydroxylation is 1. The Labute approximate surface area is 194 Å². The first kappa shape index (κ1) is 23.5. The fourth-order valence-corrected chi connectivity index (χ4v) is 4.01. The maximum atomic E-state index is 12.2. The minimum Gasteiger partial charge on any atom is -0.467 e. The number of esters is 1.